The smallest absolute Gasteiger partial charge is 0.252 e. The lowest BCUT2D eigenvalue weighted by molar-refractivity contribution is 0.0915. The zero-order valence-corrected chi connectivity index (χ0v) is 13.7. The average Bonchev–Trinajstić information content (AvgIpc) is 2.27. The van der Waals surface area contributed by atoms with Crippen LogP contribution < -0.4 is 11.1 Å². The van der Waals surface area contributed by atoms with E-state index in [9.17, 15) is 13.2 Å². The third-order valence-electron chi connectivity index (χ3n) is 2.84. The predicted octanol–water partition coefficient (Wildman–Crippen LogP) is 1.29. The summed E-state index contributed by atoms with van der Waals surface area (Å²) in [5, 5.41) is 2.78. The molecule has 1 aromatic carbocycles. The number of rotatable bonds is 4. The van der Waals surface area contributed by atoms with Crippen molar-refractivity contribution in [3.8, 4) is 0 Å². The Morgan fingerprint density at radius 2 is 1.90 bits per heavy atom. The Hall–Kier alpha value is -1.11. The largest absolute Gasteiger partial charge is 0.346 e. The number of sulfone groups is 1. The molecule has 3 N–H and O–H groups in total. The number of benzene rings is 1. The van der Waals surface area contributed by atoms with Gasteiger partial charge in [-0.05, 0) is 38.5 Å². The molecule has 1 amide bonds. The summed E-state index contributed by atoms with van der Waals surface area (Å²) in [5.74, 6) is -0.321. The van der Waals surface area contributed by atoms with Crippen molar-refractivity contribution in [2.75, 3.05) is 12.8 Å². The molecule has 0 aliphatic rings. The maximum absolute atomic E-state index is 12.2. The van der Waals surface area contributed by atoms with Gasteiger partial charge in [0.05, 0.1) is 4.90 Å². The highest BCUT2D eigenvalue weighted by Gasteiger charge is 2.21. The second-order valence-electron chi connectivity index (χ2n) is 5.29. The van der Waals surface area contributed by atoms with E-state index in [1.165, 1.54) is 12.1 Å². The summed E-state index contributed by atoms with van der Waals surface area (Å²) in [7, 11) is -3.33. The molecule has 0 aliphatic heterocycles. The van der Waals surface area contributed by atoms with Gasteiger partial charge in [0.2, 0.25) is 0 Å². The maximum atomic E-state index is 12.2. The van der Waals surface area contributed by atoms with Gasteiger partial charge in [0.1, 0.15) is 0 Å². The third kappa shape index (κ3) is 4.77. The molecule has 0 unspecified atom stereocenters. The van der Waals surface area contributed by atoms with Crippen LogP contribution in [-0.4, -0.2) is 32.7 Å². The molecule has 0 spiro atoms. The maximum Gasteiger partial charge on any atom is 0.252 e. The van der Waals surface area contributed by atoms with E-state index < -0.39 is 15.4 Å². The van der Waals surface area contributed by atoms with Gasteiger partial charge in [-0.1, -0.05) is 6.07 Å². The molecule has 0 saturated heterocycles. The van der Waals surface area contributed by atoms with E-state index in [1.807, 2.05) is 0 Å². The number of carbonyl (C=O) groups excluding carboxylic acids is 1. The number of nitrogens with one attached hydrogen (secondary N) is 1. The fourth-order valence-corrected chi connectivity index (χ4v) is 2.15. The van der Waals surface area contributed by atoms with Crippen molar-refractivity contribution in [1.82, 2.24) is 5.32 Å². The fourth-order valence-electron chi connectivity index (χ4n) is 1.50. The fraction of sp³-hybridized carbons (Fsp3) is 0.462. The Labute approximate surface area is 126 Å². The number of hydrogen-bond acceptors (Lipinski definition) is 4. The first-order valence-electron chi connectivity index (χ1n) is 5.90. The molecule has 0 fully saturated rings. The van der Waals surface area contributed by atoms with Crippen LogP contribution in [0.5, 0.6) is 0 Å². The van der Waals surface area contributed by atoms with E-state index in [0.29, 0.717) is 12.1 Å². The highest BCUT2D eigenvalue weighted by Crippen LogP contribution is 2.16. The lowest BCUT2D eigenvalue weighted by Gasteiger charge is -2.24. The summed E-state index contributed by atoms with van der Waals surface area (Å²) in [6.07, 6.45) is 1.11. The van der Waals surface area contributed by atoms with Crippen LogP contribution in [0.4, 0.5) is 0 Å². The highest BCUT2D eigenvalue weighted by molar-refractivity contribution is 7.90. The lowest BCUT2D eigenvalue weighted by atomic mass is 10.0. The molecule has 114 valence electrons. The van der Waals surface area contributed by atoms with Gasteiger partial charge in [0.25, 0.3) is 5.91 Å². The van der Waals surface area contributed by atoms with Crippen LogP contribution >= 0.6 is 12.4 Å². The quantitative estimate of drug-likeness (QED) is 0.874. The number of halogens is 1. The summed E-state index contributed by atoms with van der Waals surface area (Å²) < 4.78 is 23.0. The zero-order valence-electron chi connectivity index (χ0n) is 12.1. The molecule has 0 saturated carbocycles. The summed E-state index contributed by atoms with van der Waals surface area (Å²) in [6.45, 7) is 5.67. The first kappa shape index (κ1) is 18.9. The molecule has 0 heterocycles. The average molecular weight is 321 g/mol. The van der Waals surface area contributed by atoms with E-state index in [2.05, 4.69) is 5.32 Å². The summed E-state index contributed by atoms with van der Waals surface area (Å²) in [4.78, 5) is 12.3. The Balaban J connectivity index is 0.00000361. The van der Waals surface area contributed by atoms with Crippen molar-refractivity contribution >= 4 is 28.2 Å². The number of amides is 1. The normalized spacial score (nSPS) is 11.7. The summed E-state index contributed by atoms with van der Waals surface area (Å²) >= 11 is 0. The topological polar surface area (TPSA) is 89.3 Å². The molecular weight excluding hydrogens is 300 g/mol. The van der Waals surface area contributed by atoms with Crippen molar-refractivity contribution < 1.29 is 13.2 Å². The minimum atomic E-state index is -3.33. The highest BCUT2D eigenvalue weighted by atomic mass is 35.5. The molecule has 20 heavy (non-hydrogen) atoms. The monoisotopic (exact) mass is 320 g/mol. The molecule has 0 atom stereocenters. The van der Waals surface area contributed by atoms with Gasteiger partial charge in [-0.15, -0.1) is 12.4 Å². The summed E-state index contributed by atoms with van der Waals surface area (Å²) in [5.41, 5.74) is 6.09. The standard InChI is InChI=1S/C13H20N2O3S.ClH/c1-9-5-6-10(19(4,17)18)7-11(9)12(16)15-13(2,3)8-14;/h5-7H,8,14H2,1-4H3,(H,15,16);1H. The van der Waals surface area contributed by atoms with Crippen LogP contribution in [-0.2, 0) is 9.84 Å². The minimum absolute atomic E-state index is 0. The molecular formula is C13H21ClN2O3S. The molecule has 0 bridgehead atoms. The van der Waals surface area contributed by atoms with Crippen molar-refractivity contribution in [3.05, 3.63) is 29.3 Å². The van der Waals surface area contributed by atoms with Crippen LogP contribution in [0.25, 0.3) is 0 Å². The van der Waals surface area contributed by atoms with Gasteiger partial charge in [0, 0.05) is 23.9 Å². The molecule has 1 aromatic rings. The van der Waals surface area contributed by atoms with Crippen molar-refractivity contribution in [2.24, 2.45) is 5.73 Å². The van der Waals surface area contributed by atoms with Gasteiger partial charge >= 0.3 is 0 Å². The Morgan fingerprint density at radius 3 is 2.35 bits per heavy atom. The van der Waals surface area contributed by atoms with Gasteiger partial charge in [-0.25, -0.2) is 8.42 Å². The molecule has 5 nitrogen and oxygen atoms in total. The second-order valence-corrected chi connectivity index (χ2v) is 7.31. The number of carbonyl (C=O) groups is 1. The molecule has 7 heteroatoms. The lowest BCUT2D eigenvalue weighted by Crippen LogP contribution is -2.49. The SMILES string of the molecule is Cc1ccc(S(C)(=O)=O)cc1C(=O)NC(C)(C)CN.Cl. The van der Waals surface area contributed by atoms with Crippen molar-refractivity contribution in [2.45, 2.75) is 31.2 Å². The van der Waals surface area contributed by atoms with Gasteiger partial charge in [-0.3, -0.25) is 4.79 Å². The van der Waals surface area contributed by atoms with E-state index >= 15 is 0 Å². The van der Waals surface area contributed by atoms with Crippen LogP contribution in [0, 0.1) is 6.92 Å². The number of hydrogen-bond donors (Lipinski definition) is 2. The van der Waals surface area contributed by atoms with E-state index in [1.54, 1.807) is 26.8 Å². The van der Waals surface area contributed by atoms with Crippen molar-refractivity contribution in [1.29, 1.82) is 0 Å². The first-order valence-corrected chi connectivity index (χ1v) is 7.79. The Bertz CT molecular complexity index is 598. The van der Waals surface area contributed by atoms with Gasteiger partial charge in [0.15, 0.2) is 9.84 Å². The molecule has 0 radical (unpaired) electrons. The van der Waals surface area contributed by atoms with Crippen molar-refractivity contribution in [3.63, 3.8) is 0 Å². The molecule has 1 rings (SSSR count). The Morgan fingerprint density at radius 1 is 1.35 bits per heavy atom. The number of nitrogens with two attached hydrogens (primary N) is 1. The summed E-state index contributed by atoms with van der Waals surface area (Å²) in [6, 6.07) is 4.52. The first-order chi connectivity index (χ1) is 8.57. The van der Waals surface area contributed by atoms with E-state index in [-0.39, 0.29) is 23.2 Å². The van der Waals surface area contributed by atoms with E-state index in [4.69, 9.17) is 5.73 Å². The minimum Gasteiger partial charge on any atom is -0.346 e. The second kappa shape index (κ2) is 6.56. The number of aryl methyl sites for hydroxylation is 1. The predicted molar refractivity (Wildman–Crippen MR) is 82.1 cm³/mol. The van der Waals surface area contributed by atoms with E-state index in [0.717, 1.165) is 11.8 Å². The van der Waals surface area contributed by atoms with Crippen LogP contribution in [0.15, 0.2) is 23.1 Å². The molecule has 0 aliphatic carbocycles. The van der Waals surface area contributed by atoms with Crippen LogP contribution in [0.2, 0.25) is 0 Å². The van der Waals surface area contributed by atoms with Crippen LogP contribution in [0.1, 0.15) is 29.8 Å². The van der Waals surface area contributed by atoms with Gasteiger partial charge in [-0.2, -0.15) is 0 Å². The van der Waals surface area contributed by atoms with Gasteiger partial charge < -0.3 is 11.1 Å². The Kier molecular flexibility index (Phi) is 6.20. The molecule has 0 aromatic heterocycles. The zero-order chi connectivity index (χ0) is 14.8. The third-order valence-corrected chi connectivity index (χ3v) is 3.95. The van der Waals surface area contributed by atoms with Crippen LogP contribution in [0.3, 0.4) is 0 Å².